The van der Waals surface area contributed by atoms with Crippen LogP contribution in [0.2, 0.25) is 0 Å². The molecule has 9 nitrogen and oxygen atoms in total. The van der Waals surface area contributed by atoms with Crippen molar-refractivity contribution in [1.29, 1.82) is 0 Å². The lowest BCUT2D eigenvalue weighted by Crippen LogP contribution is -2.34. The summed E-state index contributed by atoms with van der Waals surface area (Å²) in [6.07, 6.45) is 2.46. The summed E-state index contributed by atoms with van der Waals surface area (Å²) < 4.78 is 68.0. The quantitative estimate of drug-likeness (QED) is 0.419. The minimum Gasteiger partial charge on any atom is -0.485 e. The van der Waals surface area contributed by atoms with E-state index in [1.165, 1.54) is 12.2 Å². The minimum absolute atomic E-state index is 0.0815. The molecule has 0 aliphatic carbocycles. The third kappa shape index (κ3) is 8.79. The summed E-state index contributed by atoms with van der Waals surface area (Å²) in [5.41, 5.74) is 1.39. The highest BCUT2D eigenvalue weighted by atomic mass is 32.2. The van der Waals surface area contributed by atoms with Crippen molar-refractivity contribution < 1.29 is 34.7 Å². The summed E-state index contributed by atoms with van der Waals surface area (Å²) in [6, 6.07) is 14.1. The Morgan fingerprint density at radius 3 is 1.43 bits per heavy atom. The summed E-state index contributed by atoms with van der Waals surface area (Å²) in [7, 11) is -7.37. The van der Waals surface area contributed by atoms with Crippen molar-refractivity contribution in [3.63, 3.8) is 0 Å². The molecule has 0 saturated carbocycles. The molecule has 1 N–H and O–H groups in total. The fourth-order valence-electron chi connectivity index (χ4n) is 3.26. The zero-order chi connectivity index (χ0) is 25.3. The molecule has 1 heterocycles. The van der Waals surface area contributed by atoms with Crippen molar-refractivity contribution in [2.45, 2.75) is 26.1 Å². The van der Waals surface area contributed by atoms with Crippen LogP contribution < -0.4 is 14.8 Å². The standard InChI is InChI=1S/C24H29NO8S2/c1-3-30-34(26,27)15-13-19-5-9-21(10-6-19)32-23-17-25-18-24(23)33-22-11-7-20(8-12-22)14-16-35(28,29)31-4-2/h5-16,23-25H,3-4,17-18H2,1-2H3/b15-13+,16-14+/t23-,24-/m1/s1. The molecule has 11 heteroatoms. The molecule has 0 amide bonds. The first-order chi connectivity index (χ1) is 16.7. The molecule has 1 aliphatic rings. The maximum atomic E-state index is 11.6. The summed E-state index contributed by atoms with van der Waals surface area (Å²) in [5.74, 6) is 1.27. The van der Waals surface area contributed by atoms with E-state index in [-0.39, 0.29) is 25.4 Å². The van der Waals surface area contributed by atoms with Crippen LogP contribution in [-0.4, -0.2) is 55.3 Å². The molecule has 1 aliphatic heterocycles. The molecule has 3 rings (SSSR count). The van der Waals surface area contributed by atoms with E-state index >= 15 is 0 Å². The van der Waals surface area contributed by atoms with Gasteiger partial charge in [-0.25, -0.2) is 0 Å². The van der Waals surface area contributed by atoms with Gasteiger partial charge < -0.3 is 14.8 Å². The van der Waals surface area contributed by atoms with Crippen molar-refractivity contribution in [2.24, 2.45) is 0 Å². The molecule has 2 aromatic rings. The molecule has 2 aromatic carbocycles. The van der Waals surface area contributed by atoms with E-state index in [0.717, 1.165) is 10.8 Å². The average molecular weight is 524 g/mol. The molecule has 190 valence electrons. The van der Waals surface area contributed by atoms with Gasteiger partial charge in [-0.3, -0.25) is 8.37 Å². The SMILES string of the molecule is CCOS(=O)(=O)/C=C/c1ccc(O[C@@H]2CNC[C@H]2Oc2ccc(/C=C/S(=O)(=O)OCC)cc2)cc1. The van der Waals surface area contributed by atoms with Gasteiger partial charge in [-0.2, -0.15) is 16.8 Å². The third-order valence-electron chi connectivity index (χ3n) is 4.86. The fraction of sp³-hybridized carbons (Fsp3) is 0.333. The Morgan fingerprint density at radius 2 is 1.09 bits per heavy atom. The van der Waals surface area contributed by atoms with E-state index in [1.807, 2.05) is 0 Å². The van der Waals surface area contributed by atoms with E-state index in [2.05, 4.69) is 13.7 Å². The largest absolute Gasteiger partial charge is 0.485 e. The van der Waals surface area contributed by atoms with E-state index in [0.29, 0.717) is 35.7 Å². The molecule has 2 atom stereocenters. The number of rotatable bonds is 12. The van der Waals surface area contributed by atoms with Gasteiger partial charge in [0.2, 0.25) is 0 Å². The molecular formula is C24H29NO8S2. The van der Waals surface area contributed by atoms with Gasteiger partial charge in [0.25, 0.3) is 20.2 Å². The maximum absolute atomic E-state index is 11.6. The summed E-state index contributed by atoms with van der Waals surface area (Å²) in [6.45, 7) is 4.59. The second-order valence-electron chi connectivity index (χ2n) is 7.51. The van der Waals surface area contributed by atoms with Crippen LogP contribution in [0, 0.1) is 0 Å². The van der Waals surface area contributed by atoms with Crippen LogP contribution in [0.5, 0.6) is 11.5 Å². The number of hydrogen-bond acceptors (Lipinski definition) is 9. The van der Waals surface area contributed by atoms with E-state index in [4.69, 9.17) is 9.47 Å². The van der Waals surface area contributed by atoms with Gasteiger partial charge in [0.15, 0.2) is 0 Å². The molecule has 0 unspecified atom stereocenters. The zero-order valence-electron chi connectivity index (χ0n) is 19.5. The highest BCUT2D eigenvalue weighted by Gasteiger charge is 2.30. The van der Waals surface area contributed by atoms with Crippen LogP contribution in [-0.2, 0) is 28.6 Å². The van der Waals surface area contributed by atoms with E-state index < -0.39 is 20.2 Å². The topological polar surface area (TPSA) is 117 Å². The lowest BCUT2D eigenvalue weighted by molar-refractivity contribution is 0.0913. The molecule has 0 radical (unpaired) electrons. The highest BCUT2D eigenvalue weighted by Crippen LogP contribution is 2.22. The van der Waals surface area contributed by atoms with Crippen LogP contribution >= 0.6 is 0 Å². The Hall–Kier alpha value is -2.70. The second-order valence-corrected chi connectivity index (χ2v) is 10.5. The third-order valence-corrected chi connectivity index (χ3v) is 6.93. The summed E-state index contributed by atoms with van der Waals surface area (Å²) in [4.78, 5) is 0. The van der Waals surface area contributed by atoms with Gasteiger partial charge in [0.05, 0.1) is 24.0 Å². The van der Waals surface area contributed by atoms with Crippen LogP contribution in [0.15, 0.2) is 59.3 Å². The molecule has 35 heavy (non-hydrogen) atoms. The number of hydrogen-bond donors (Lipinski definition) is 1. The van der Waals surface area contributed by atoms with Crippen LogP contribution in [0.25, 0.3) is 12.2 Å². The molecular weight excluding hydrogens is 494 g/mol. The van der Waals surface area contributed by atoms with Crippen LogP contribution in [0.1, 0.15) is 25.0 Å². The monoisotopic (exact) mass is 523 g/mol. The van der Waals surface area contributed by atoms with Gasteiger partial charge >= 0.3 is 0 Å². The van der Waals surface area contributed by atoms with Gasteiger partial charge in [0, 0.05) is 13.1 Å². The summed E-state index contributed by atoms with van der Waals surface area (Å²) in [5, 5.41) is 5.30. The first kappa shape index (κ1) is 26.9. The lowest BCUT2D eigenvalue weighted by atomic mass is 10.2. The van der Waals surface area contributed by atoms with E-state index in [1.54, 1.807) is 62.4 Å². The predicted octanol–water partition coefficient (Wildman–Crippen LogP) is 3.16. The van der Waals surface area contributed by atoms with Crippen molar-refractivity contribution in [1.82, 2.24) is 5.32 Å². The Balaban J connectivity index is 1.57. The van der Waals surface area contributed by atoms with Crippen molar-refractivity contribution in [2.75, 3.05) is 26.3 Å². The van der Waals surface area contributed by atoms with Gasteiger partial charge in [-0.1, -0.05) is 24.3 Å². The summed E-state index contributed by atoms with van der Waals surface area (Å²) >= 11 is 0. The average Bonchev–Trinajstić information content (AvgIpc) is 3.24. The van der Waals surface area contributed by atoms with Crippen molar-refractivity contribution in [3.8, 4) is 11.5 Å². The smallest absolute Gasteiger partial charge is 0.290 e. The molecule has 0 spiro atoms. The van der Waals surface area contributed by atoms with Gasteiger partial charge in [-0.15, -0.1) is 0 Å². The van der Waals surface area contributed by atoms with Crippen LogP contribution in [0.4, 0.5) is 0 Å². The molecule has 0 bridgehead atoms. The highest BCUT2D eigenvalue weighted by molar-refractivity contribution is 7.90. The first-order valence-electron chi connectivity index (χ1n) is 11.1. The number of nitrogens with one attached hydrogen (secondary N) is 1. The van der Waals surface area contributed by atoms with Crippen molar-refractivity contribution >= 4 is 32.4 Å². The number of ether oxygens (including phenoxy) is 2. The second kappa shape index (κ2) is 12.3. The Morgan fingerprint density at radius 1 is 0.714 bits per heavy atom. The Labute approximate surface area is 206 Å². The number of benzene rings is 2. The first-order valence-corrected chi connectivity index (χ1v) is 14.0. The molecule has 0 aromatic heterocycles. The predicted molar refractivity (Wildman–Crippen MR) is 134 cm³/mol. The molecule has 1 fully saturated rings. The Bertz CT molecular complexity index is 1120. The van der Waals surface area contributed by atoms with Crippen molar-refractivity contribution in [3.05, 3.63) is 70.5 Å². The maximum Gasteiger partial charge on any atom is 0.290 e. The van der Waals surface area contributed by atoms with Crippen LogP contribution in [0.3, 0.4) is 0 Å². The minimum atomic E-state index is -3.68. The fourth-order valence-corrected chi connectivity index (χ4v) is 4.72. The molecule has 1 saturated heterocycles. The normalized spacial score (nSPS) is 18.9. The lowest BCUT2D eigenvalue weighted by Gasteiger charge is -2.21. The van der Waals surface area contributed by atoms with Gasteiger partial charge in [-0.05, 0) is 61.4 Å². The zero-order valence-corrected chi connectivity index (χ0v) is 21.1. The van der Waals surface area contributed by atoms with Gasteiger partial charge in [0.1, 0.15) is 23.7 Å². The van der Waals surface area contributed by atoms with E-state index in [9.17, 15) is 16.8 Å². The Kier molecular flexibility index (Phi) is 9.47.